The summed E-state index contributed by atoms with van der Waals surface area (Å²) in [6.07, 6.45) is 6.22. The Bertz CT molecular complexity index is 924. The van der Waals surface area contributed by atoms with Gasteiger partial charge in [0.1, 0.15) is 10.6 Å². The van der Waals surface area contributed by atoms with Gasteiger partial charge < -0.3 is 9.15 Å². The third-order valence-corrected chi connectivity index (χ3v) is 6.86. The number of hydrogen-bond donors (Lipinski definition) is 0. The summed E-state index contributed by atoms with van der Waals surface area (Å²) in [5, 5.41) is 1.45. The van der Waals surface area contributed by atoms with Crippen LogP contribution in [0, 0.1) is 0 Å². The third-order valence-electron chi connectivity index (χ3n) is 4.58. The number of ether oxygens (including phenoxy) is 1. The molecule has 0 bridgehead atoms. The van der Waals surface area contributed by atoms with Gasteiger partial charge in [-0.05, 0) is 43.9 Å². The molecule has 26 heavy (non-hydrogen) atoms. The van der Waals surface area contributed by atoms with Gasteiger partial charge in [-0.2, -0.15) is 0 Å². The SMILES string of the molecule is CCc1cc2c(=O)n(Cc3ccco3)c(SC[C@H]3CCCCO3)nc2s1. The normalized spacial score (nSPS) is 17.8. The van der Waals surface area contributed by atoms with Gasteiger partial charge in [0, 0.05) is 17.2 Å². The zero-order valence-electron chi connectivity index (χ0n) is 14.8. The molecule has 1 saturated heterocycles. The lowest BCUT2D eigenvalue weighted by atomic mass is 10.1. The van der Waals surface area contributed by atoms with Crippen LogP contribution in [-0.4, -0.2) is 28.0 Å². The van der Waals surface area contributed by atoms with Gasteiger partial charge in [0.05, 0.1) is 24.3 Å². The van der Waals surface area contributed by atoms with Crippen molar-refractivity contribution in [2.75, 3.05) is 12.4 Å². The number of rotatable bonds is 6. The molecular weight excluding hydrogens is 368 g/mol. The van der Waals surface area contributed by atoms with Crippen LogP contribution in [0.25, 0.3) is 10.2 Å². The minimum atomic E-state index is 0.00872. The van der Waals surface area contributed by atoms with E-state index in [0.29, 0.717) is 11.9 Å². The number of thiophene rings is 1. The fourth-order valence-corrected chi connectivity index (χ4v) is 5.21. The van der Waals surface area contributed by atoms with E-state index >= 15 is 0 Å². The van der Waals surface area contributed by atoms with Gasteiger partial charge in [0.2, 0.25) is 0 Å². The maximum atomic E-state index is 13.1. The van der Waals surface area contributed by atoms with Gasteiger partial charge in [-0.1, -0.05) is 18.7 Å². The van der Waals surface area contributed by atoms with Gasteiger partial charge in [-0.15, -0.1) is 11.3 Å². The summed E-state index contributed by atoms with van der Waals surface area (Å²) in [5.41, 5.74) is 0.00872. The second-order valence-electron chi connectivity index (χ2n) is 6.45. The zero-order chi connectivity index (χ0) is 17.9. The van der Waals surface area contributed by atoms with Crippen molar-refractivity contribution in [2.45, 2.75) is 50.4 Å². The van der Waals surface area contributed by atoms with Crippen molar-refractivity contribution in [1.29, 1.82) is 0 Å². The lowest BCUT2D eigenvalue weighted by Gasteiger charge is -2.22. The van der Waals surface area contributed by atoms with Crippen LogP contribution in [0.15, 0.2) is 38.8 Å². The summed E-state index contributed by atoms with van der Waals surface area (Å²) in [6, 6.07) is 5.71. The Kier molecular flexibility index (Phi) is 5.47. The highest BCUT2D eigenvalue weighted by molar-refractivity contribution is 7.99. The summed E-state index contributed by atoms with van der Waals surface area (Å²) in [4.78, 5) is 19.9. The molecule has 0 unspecified atom stereocenters. The van der Waals surface area contributed by atoms with Gasteiger partial charge in [0.25, 0.3) is 5.56 Å². The number of furan rings is 1. The second-order valence-corrected chi connectivity index (χ2v) is 8.55. The number of aryl methyl sites for hydroxylation is 1. The topological polar surface area (TPSA) is 57.3 Å². The first-order valence-corrected chi connectivity index (χ1v) is 10.8. The van der Waals surface area contributed by atoms with Crippen LogP contribution in [-0.2, 0) is 17.7 Å². The maximum absolute atomic E-state index is 13.1. The Balaban J connectivity index is 1.68. The molecule has 5 nitrogen and oxygen atoms in total. The predicted octanol–water partition coefficient (Wildman–Crippen LogP) is 4.32. The summed E-state index contributed by atoms with van der Waals surface area (Å²) in [6.45, 7) is 3.34. The Hall–Kier alpha value is -1.57. The van der Waals surface area contributed by atoms with Crippen molar-refractivity contribution in [3.8, 4) is 0 Å². The Morgan fingerprint density at radius 3 is 3.08 bits per heavy atom. The molecule has 0 amide bonds. The lowest BCUT2D eigenvalue weighted by Crippen LogP contribution is -2.25. The number of thioether (sulfide) groups is 1. The first-order chi connectivity index (χ1) is 12.7. The fraction of sp³-hybridized carbons (Fsp3) is 0.474. The molecule has 1 aliphatic heterocycles. The molecule has 138 valence electrons. The monoisotopic (exact) mass is 390 g/mol. The third kappa shape index (κ3) is 3.75. The summed E-state index contributed by atoms with van der Waals surface area (Å²) >= 11 is 3.22. The summed E-state index contributed by atoms with van der Waals surface area (Å²) in [7, 11) is 0. The molecule has 0 aliphatic carbocycles. The van der Waals surface area contributed by atoms with Crippen LogP contribution in [0.5, 0.6) is 0 Å². The van der Waals surface area contributed by atoms with E-state index in [0.717, 1.165) is 47.4 Å². The van der Waals surface area contributed by atoms with Crippen molar-refractivity contribution in [2.24, 2.45) is 0 Å². The molecule has 0 radical (unpaired) electrons. The maximum Gasteiger partial charge on any atom is 0.263 e. The van der Waals surface area contributed by atoms with E-state index in [1.54, 1.807) is 33.9 Å². The Labute approximate surface area is 160 Å². The van der Waals surface area contributed by atoms with Crippen molar-refractivity contribution in [1.82, 2.24) is 9.55 Å². The van der Waals surface area contributed by atoms with Gasteiger partial charge in [-0.25, -0.2) is 4.98 Å². The summed E-state index contributed by atoms with van der Waals surface area (Å²) in [5.74, 6) is 1.58. The zero-order valence-corrected chi connectivity index (χ0v) is 16.4. The molecule has 0 aromatic carbocycles. The second kappa shape index (κ2) is 7.98. The standard InChI is InChI=1S/C19H22N2O3S2/c1-2-15-10-16-17(26-15)20-19(25-12-14-6-3-4-8-24-14)21(18(16)22)11-13-7-5-9-23-13/h5,7,9-10,14H,2-4,6,8,11-12H2,1H3/t14-/m1/s1. The number of fused-ring (bicyclic) bond motifs is 1. The van der Waals surface area contributed by atoms with E-state index in [4.69, 9.17) is 14.1 Å². The van der Waals surface area contributed by atoms with Crippen LogP contribution in [0.4, 0.5) is 0 Å². The molecule has 0 saturated carbocycles. The molecule has 4 heterocycles. The molecule has 3 aromatic heterocycles. The van der Waals surface area contributed by atoms with Crippen LogP contribution >= 0.6 is 23.1 Å². The number of hydrogen-bond acceptors (Lipinski definition) is 6. The highest BCUT2D eigenvalue weighted by Crippen LogP contribution is 2.27. The average molecular weight is 391 g/mol. The van der Waals surface area contributed by atoms with E-state index in [2.05, 4.69) is 6.92 Å². The van der Waals surface area contributed by atoms with Crippen LogP contribution < -0.4 is 5.56 Å². The Morgan fingerprint density at radius 2 is 2.35 bits per heavy atom. The van der Waals surface area contributed by atoms with Crippen LogP contribution in [0.1, 0.15) is 36.8 Å². The molecule has 1 atom stereocenters. The predicted molar refractivity (Wildman–Crippen MR) is 105 cm³/mol. The van der Waals surface area contributed by atoms with Crippen molar-refractivity contribution in [3.63, 3.8) is 0 Å². The molecular formula is C19H22N2O3S2. The highest BCUT2D eigenvalue weighted by atomic mass is 32.2. The van der Waals surface area contributed by atoms with E-state index in [1.165, 1.54) is 11.3 Å². The van der Waals surface area contributed by atoms with Crippen molar-refractivity contribution >= 4 is 33.3 Å². The van der Waals surface area contributed by atoms with Gasteiger partial charge in [-0.3, -0.25) is 9.36 Å². The molecule has 1 aliphatic rings. The molecule has 7 heteroatoms. The van der Waals surface area contributed by atoms with Crippen LogP contribution in [0.3, 0.4) is 0 Å². The minimum absolute atomic E-state index is 0.00872. The average Bonchev–Trinajstić information content (AvgIpc) is 3.33. The largest absolute Gasteiger partial charge is 0.467 e. The number of aromatic nitrogens is 2. The molecule has 1 fully saturated rings. The molecule has 0 N–H and O–H groups in total. The smallest absolute Gasteiger partial charge is 0.263 e. The van der Waals surface area contributed by atoms with Crippen molar-refractivity contribution < 1.29 is 9.15 Å². The van der Waals surface area contributed by atoms with Crippen molar-refractivity contribution in [3.05, 3.63) is 45.5 Å². The van der Waals surface area contributed by atoms with E-state index in [1.807, 2.05) is 18.2 Å². The molecule has 0 spiro atoms. The first kappa shape index (κ1) is 17.8. The van der Waals surface area contributed by atoms with Crippen LogP contribution in [0.2, 0.25) is 0 Å². The number of nitrogens with zero attached hydrogens (tertiary/aromatic N) is 2. The fourth-order valence-electron chi connectivity index (χ4n) is 3.14. The highest BCUT2D eigenvalue weighted by Gasteiger charge is 2.19. The van der Waals surface area contributed by atoms with E-state index in [9.17, 15) is 4.79 Å². The van der Waals surface area contributed by atoms with Gasteiger partial charge >= 0.3 is 0 Å². The first-order valence-electron chi connectivity index (χ1n) is 9.04. The Morgan fingerprint density at radius 1 is 1.42 bits per heavy atom. The lowest BCUT2D eigenvalue weighted by molar-refractivity contribution is 0.0315. The van der Waals surface area contributed by atoms with E-state index in [-0.39, 0.29) is 11.7 Å². The quantitative estimate of drug-likeness (QED) is 0.463. The molecule has 3 aromatic rings. The summed E-state index contributed by atoms with van der Waals surface area (Å²) < 4.78 is 13.0. The molecule has 4 rings (SSSR count). The minimum Gasteiger partial charge on any atom is -0.467 e. The van der Waals surface area contributed by atoms with E-state index < -0.39 is 0 Å². The van der Waals surface area contributed by atoms with Gasteiger partial charge in [0.15, 0.2) is 5.16 Å².